The van der Waals surface area contributed by atoms with Crippen LogP contribution in [0.1, 0.15) is 103 Å². The lowest BCUT2D eigenvalue weighted by Gasteiger charge is -2.41. The summed E-state index contributed by atoms with van der Waals surface area (Å²) in [5.74, 6) is 3.39. The summed E-state index contributed by atoms with van der Waals surface area (Å²) in [6.07, 6.45) is 18.1. The molecular formula is C27H42O2. The van der Waals surface area contributed by atoms with Crippen LogP contribution in [-0.4, -0.2) is 5.97 Å². The fourth-order valence-electron chi connectivity index (χ4n) is 5.71. The number of fused-ring (bicyclic) bond motifs is 1. The van der Waals surface area contributed by atoms with Gasteiger partial charge in [0, 0.05) is 0 Å². The summed E-state index contributed by atoms with van der Waals surface area (Å²) in [5, 5.41) is 0. The van der Waals surface area contributed by atoms with E-state index in [0.29, 0.717) is 5.75 Å². The van der Waals surface area contributed by atoms with Crippen molar-refractivity contribution < 1.29 is 9.53 Å². The highest BCUT2D eigenvalue weighted by Crippen LogP contribution is 2.46. The average Bonchev–Trinajstić information content (AvgIpc) is 2.74. The van der Waals surface area contributed by atoms with Crippen molar-refractivity contribution >= 4 is 5.97 Å². The van der Waals surface area contributed by atoms with Gasteiger partial charge in [0.2, 0.25) is 0 Å². The normalized spacial score (nSPS) is 26.7. The van der Waals surface area contributed by atoms with Crippen molar-refractivity contribution in [3.8, 4) is 5.75 Å². The maximum absolute atomic E-state index is 12.7. The highest BCUT2D eigenvalue weighted by molar-refractivity contribution is 5.75. The molecule has 3 rings (SSSR count). The van der Waals surface area contributed by atoms with Crippen LogP contribution in [0.3, 0.4) is 0 Å². The number of benzene rings is 1. The lowest BCUT2D eigenvalue weighted by atomic mass is 9.64. The molecule has 2 aliphatic rings. The standard InChI is InChI=1S/C27H42O2/c1-3-5-6-7-8-10-22-11-14-24-20-25(16-15-23(24)19-22)27(28)29-26-17-12-21(9-4-2)13-18-26/h12-13,17-18,22-25H,3-11,14-16,19-20H2,1-2H3. The molecule has 0 aromatic heterocycles. The van der Waals surface area contributed by atoms with Crippen molar-refractivity contribution in [1.29, 1.82) is 0 Å². The molecule has 0 saturated heterocycles. The van der Waals surface area contributed by atoms with Crippen LogP contribution >= 0.6 is 0 Å². The first-order chi connectivity index (χ1) is 14.2. The minimum atomic E-state index is 0.00439. The number of aryl methyl sites for hydroxylation is 1. The first-order valence-corrected chi connectivity index (χ1v) is 12.5. The van der Waals surface area contributed by atoms with Crippen molar-refractivity contribution in [2.75, 3.05) is 0 Å². The van der Waals surface area contributed by atoms with E-state index < -0.39 is 0 Å². The molecule has 0 radical (unpaired) electrons. The van der Waals surface area contributed by atoms with Crippen LogP contribution in [-0.2, 0) is 11.2 Å². The Balaban J connectivity index is 1.40. The predicted octanol–water partition coefficient (Wildman–Crippen LogP) is 7.74. The Morgan fingerprint density at radius 1 is 0.862 bits per heavy atom. The van der Waals surface area contributed by atoms with Gasteiger partial charge in [-0.25, -0.2) is 0 Å². The van der Waals surface area contributed by atoms with Gasteiger partial charge in [-0.3, -0.25) is 4.79 Å². The number of hydrogen-bond acceptors (Lipinski definition) is 2. The Morgan fingerprint density at radius 3 is 2.34 bits per heavy atom. The summed E-state index contributed by atoms with van der Waals surface area (Å²) in [6.45, 7) is 4.47. The van der Waals surface area contributed by atoms with Crippen LogP contribution in [0.2, 0.25) is 0 Å². The van der Waals surface area contributed by atoms with Gasteiger partial charge in [-0.1, -0.05) is 77.3 Å². The number of carbonyl (C=O) groups excluding carboxylic acids is 1. The number of rotatable bonds is 10. The quantitative estimate of drug-likeness (QED) is 0.229. The lowest BCUT2D eigenvalue weighted by molar-refractivity contribution is -0.141. The van der Waals surface area contributed by atoms with Crippen molar-refractivity contribution in [2.45, 2.75) is 104 Å². The molecule has 1 aromatic carbocycles. The largest absolute Gasteiger partial charge is 0.426 e. The molecule has 0 amide bonds. The first kappa shape index (κ1) is 22.4. The molecule has 29 heavy (non-hydrogen) atoms. The van der Waals surface area contributed by atoms with E-state index >= 15 is 0 Å². The van der Waals surface area contributed by atoms with Crippen LogP contribution in [0, 0.1) is 23.7 Å². The minimum absolute atomic E-state index is 0.00439. The highest BCUT2D eigenvalue weighted by atomic mass is 16.5. The Hall–Kier alpha value is -1.31. The van der Waals surface area contributed by atoms with E-state index in [9.17, 15) is 4.79 Å². The van der Waals surface area contributed by atoms with E-state index in [1.54, 1.807) is 0 Å². The molecule has 2 fully saturated rings. The van der Waals surface area contributed by atoms with Gasteiger partial charge < -0.3 is 4.74 Å². The second-order valence-corrected chi connectivity index (χ2v) is 9.73. The fourth-order valence-corrected chi connectivity index (χ4v) is 5.71. The van der Waals surface area contributed by atoms with Gasteiger partial charge in [0.15, 0.2) is 0 Å². The summed E-state index contributed by atoms with van der Waals surface area (Å²) >= 11 is 0. The van der Waals surface area contributed by atoms with Gasteiger partial charge in [-0.2, -0.15) is 0 Å². The van der Waals surface area contributed by atoms with Gasteiger partial charge in [0.25, 0.3) is 0 Å². The number of unbranched alkanes of at least 4 members (excludes halogenated alkanes) is 4. The Kier molecular flexibility index (Phi) is 9.08. The number of ether oxygens (including phenoxy) is 1. The third-order valence-electron chi connectivity index (χ3n) is 7.45. The summed E-state index contributed by atoms with van der Waals surface area (Å²) in [6, 6.07) is 8.10. The fraction of sp³-hybridized carbons (Fsp3) is 0.741. The molecule has 2 nitrogen and oxygen atoms in total. The van der Waals surface area contributed by atoms with Crippen LogP contribution < -0.4 is 4.74 Å². The second-order valence-electron chi connectivity index (χ2n) is 9.73. The summed E-state index contributed by atoms with van der Waals surface area (Å²) in [7, 11) is 0. The highest BCUT2D eigenvalue weighted by Gasteiger charge is 2.38. The van der Waals surface area contributed by atoms with Crippen LogP contribution in [0.5, 0.6) is 5.75 Å². The van der Waals surface area contributed by atoms with Gasteiger partial charge in [-0.05, 0) is 74.0 Å². The Morgan fingerprint density at radius 2 is 1.59 bits per heavy atom. The van der Waals surface area contributed by atoms with Crippen LogP contribution in [0.15, 0.2) is 24.3 Å². The summed E-state index contributed by atoms with van der Waals surface area (Å²) in [5.41, 5.74) is 1.31. The second kappa shape index (κ2) is 11.8. The Labute approximate surface area is 178 Å². The molecule has 2 saturated carbocycles. The predicted molar refractivity (Wildman–Crippen MR) is 121 cm³/mol. The molecule has 0 N–H and O–H groups in total. The third-order valence-corrected chi connectivity index (χ3v) is 7.45. The molecule has 1 aromatic rings. The topological polar surface area (TPSA) is 26.3 Å². The van der Waals surface area contributed by atoms with Crippen molar-refractivity contribution in [3.63, 3.8) is 0 Å². The number of esters is 1. The molecule has 0 heterocycles. The zero-order valence-electron chi connectivity index (χ0n) is 18.8. The summed E-state index contributed by atoms with van der Waals surface area (Å²) < 4.78 is 5.73. The molecule has 0 aliphatic heterocycles. The lowest BCUT2D eigenvalue weighted by Crippen LogP contribution is -2.35. The molecular weight excluding hydrogens is 356 g/mol. The van der Waals surface area contributed by atoms with Crippen LogP contribution in [0.25, 0.3) is 0 Å². The van der Waals surface area contributed by atoms with Gasteiger partial charge in [0.1, 0.15) is 5.75 Å². The monoisotopic (exact) mass is 398 g/mol. The first-order valence-electron chi connectivity index (χ1n) is 12.5. The molecule has 2 aliphatic carbocycles. The average molecular weight is 399 g/mol. The molecule has 162 valence electrons. The van der Waals surface area contributed by atoms with Gasteiger partial charge in [-0.15, -0.1) is 0 Å². The maximum atomic E-state index is 12.7. The van der Waals surface area contributed by atoms with Gasteiger partial charge >= 0.3 is 5.97 Å². The van der Waals surface area contributed by atoms with E-state index in [1.165, 1.54) is 69.8 Å². The zero-order valence-corrected chi connectivity index (χ0v) is 18.8. The van der Waals surface area contributed by atoms with E-state index in [2.05, 4.69) is 26.0 Å². The molecule has 0 bridgehead atoms. The SMILES string of the molecule is CCCCCCCC1CCC2CC(C(=O)Oc3ccc(CCC)cc3)CCC2C1. The number of hydrogen-bond donors (Lipinski definition) is 0. The molecule has 0 spiro atoms. The summed E-state index contributed by atoms with van der Waals surface area (Å²) in [4.78, 5) is 12.7. The van der Waals surface area contributed by atoms with E-state index in [4.69, 9.17) is 4.74 Å². The molecule has 2 heteroatoms. The maximum Gasteiger partial charge on any atom is 0.314 e. The van der Waals surface area contributed by atoms with Crippen molar-refractivity contribution in [1.82, 2.24) is 0 Å². The van der Waals surface area contributed by atoms with Crippen molar-refractivity contribution in [2.24, 2.45) is 23.7 Å². The molecule has 4 atom stereocenters. The Bertz CT molecular complexity index is 605. The third kappa shape index (κ3) is 6.86. The zero-order chi connectivity index (χ0) is 20.5. The van der Waals surface area contributed by atoms with Crippen molar-refractivity contribution in [3.05, 3.63) is 29.8 Å². The van der Waals surface area contributed by atoms with E-state index in [1.807, 2.05) is 12.1 Å². The minimum Gasteiger partial charge on any atom is -0.426 e. The number of carbonyl (C=O) groups is 1. The van der Waals surface area contributed by atoms with Crippen LogP contribution in [0.4, 0.5) is 0 Å². The smallest absolute Gasteiger partial charge is 0.314 e. The molecule has 4 unspecified atom stereocenters. The van der Waals surface area contributed by atoms with Gasteiger partial charge in [0.05, 0.1) is 5.92 Å². The van der Waals surface area contributed by atoms with E-state index in [0.717, 1.165) is 43.4 Å². The van der Waals surface area contributed by atoms with E-state index in [-0.39, 0.29) is 11.9 Å².